The molecule has 0 bridgehead atoms. The highest BCUT2D eigenvalue weighted by Gasteiger charge is 2.16. The topological polar surface area (TPSA) is 12.0 Å². The van der Waals surface area contributed by atoms with E-state index < -0.39 is 0 Å². The van der Waals surface area contributed by atoms with E-state index in [4.69, 9.17) is 11.6 Å². The molecule has 1 unspecified atom stereocenters. The Kier molecular flexibility index (Phi) is 5.08. The fraction of sp³-hybridized carbons (Fsp3) is 0.368. The van der Waals surface area contributed by atoms with Crippen molar-refractivity contribution >= 4 is 11.6 Å². The molecule has 2 aromatic carbocycles. The van der Waals surface area contributed by atoms with Gasteiger partial charge < -0.3 is 5.32 Å². The summed E-state index contributed by atoms with van der Waals surface area (Å²) in [6, 6.07) is 17.1. The van der Waals surface area contributed by atoms with Crippen LogP contribution in [0.2, 0.25) is 5.02 Å². The number of rotatable bonds is 4. The molecule has 0 fully saturated rings. The maximum Gasteiger partial charge on any atom is 0.0577 e. The number of nitrogens with one attached hydrogen (secondary N) is 1. The van der Waals surface area contributed by atoms with E-state index in [-0.39, 0.29) is 11.5 Å². The predicted molar refractivity (Wildman–Crippen MR) is 92.1 cm³/mol. The largest absolute Gasteiger partial charge is 0.307 e. The van der Waals surface area contributed by atoms with Gasteiger partial charge in [-0.3, -0.25) is 0 Å². The Morgan fingerprint density at radius 1 is 1.00 bits per heavy atom. The van der Waals surface area contributed by atoms with Crippen molar-refractivity contribution in [2.75, 3.05) is 6.54 Å². The summed E-state index contributed by atoms with van der Waals surface area (Å²) >= 11 is 6.13. The van der Waals surface area contributed by atoms with Crippen molar-refractivity contribution in [1.29, 1.82) is 0 Å². The first-order valence-corrected chi connectivity index (χ1v) is 7.89. The summed E-state index contributed by atoms with van der Waals surface area (Å²) in [6.45, 7) is 9.75. The van der Waals surface area contributed by atoms with Crippen LogP contribution in [0.3, 0.4) is 0 Å². The van der Waals surface area contributed by atoms with Gasteiger partial charge in [-0.1, -0.05) is 75.7 Å². The molecule has 1 nitrogen and oxygen atoms in total. The second-order valence-electron chi connectivity index (χ2n) is 6.42. The van der Waals surface area contributed by atoms with Gasteiger partial charge in [0.2, 0.25) is 0 Å². The zero-order valence-corrected chi connectivity index (χ0v) is 14.0. The quantitative estimate of drug-likeness (QED) is 0.804. The van der Waals surface area contributed by atoms with Crippen LogP contribution in [0.1, 0.15) is 50.4 Å². The lowest BCUT2D eigenvalue weighted by Gasteiger charge is -2.22. The number of benzene rings is 2. The summed E-state index contributed by atoms with van der Waals surface area (Å²) < 4.78 is 0. The molecule has 0 spiro atoms. The van der Waals surface area contributed by atoms with Crippen molar-refractivity contribution in [3.8, 4) is 0 Å². The van der Waals surface area contributed by atoms with E-state index in [0.717, 1.165) is 11.6 Å². The predicted octanol–water partition coefficient (Wildman–Crippen LogP) is 5.34. The average molecular weight is 302 g/mol. The molecular weight excluding hydrogens is 278 g/mol. The van der Waals surface area contributed by atoms with Gasteiger partial charge in [0.05, 0.1) is 6.04 Å². The van der Waals surface area contributed by atoms with Gasteiger partial charge in [-0.25, -0.2) is 0 Å². The molecule has 21 heavy (non-hydrogen) atoms. The minimum Gasteiger partial charge on any atom is -0.307 e. The lowest BCUT2D eigenvalue weighted by Crippen LogP contribution is -2.22. The molecule has 0 saturated heterocycles. The van der Waals surface area contributed by atoms with E-state index in [2.05, 4.69) is 63.3 Å². The van der Waals surface area contributed by atoms with Gasteiger partial charge in [-0.05, 0) is 40.8 Å². The number of hydrogen-bond donors (Lipinski definition) is 1. The standard InChI is InChI=1S/C19H24ClN/c1-5-21-18(15-7-6-8-17(20)13-15)14-9-11-16(12-10-14)19(2,3)4/h6-13,18,21H,5H2,1-4H3. The van der Waals surface area contributed by atoms with Crippen LogP contribution in [0.5, 0.6) is 0 Å². The maximum absolute atomic E-state index is 6.13. The molecule has 0 saturated carbocycles. The molecule has 0 amide bonds. The maximum atomic E-state index is 6.13. The molecule has 1 atom stereocenters. The van der Waals surface area contributed by atoms with Gasteiger partial charge in [0, 0.05) is 5.02 Å². The van der Waals surface area contributed by atoms with Crippen LogP contribution < -0.4 is 5.32 Å². The molecule has 0 aliphatic heterocycles. The van der Waals surface area contributed by atoms with E-state index in [1.54, 1.807) is 0 Å². The minimum atomic E-state index is 0.183. The zero-order valence-electron chi connectivity index (χ0n) is 13.3. The first kappa shape index (κ1) is 16.1. The van der Waals surface area contributed by atoms with Crippen molar-refractivity contribution in [2.24, 2.45) is 0 Å². The molecule has 0 aromatic heterocycles. The van der Waals surface area contributed by atoms with Crippen LogP contribution in [0.25, 0.3) is 0 Å². The van der Waals surface area contributed by atoms with Crippen LogP contribution in [-0.4, -0.2) is 6.54 Å². The second-order valence-corrected chi connectivity index (χ2v) is 6.85. The van der Waals surface area contributed by atoms with E-state index in [1.807, 2.05) is 18.2 Å². The summed E-state index contributed by atoms with van der Waals surface area (Å²) in [4.78, 5) is 0. The lowest BCUT2D eigenvalue weighted by atomic mass is 9.86. The van der Waals surface area contributed by atoms with Crippen LogP contribution >= 0.6 is 11.6 Å². The van der Waals surface area contributed by atoms with Gasteiger partial charge in [-0.15, -0.1) is 0 Å². The average Bonchev–Trinajstić information content (AvgIpc) is 2.44. The monoisotopic (exact) mass is 301 g/mol. The van der Waals surface area contributed by atoms with Gasteiger partial charge in [-0.2, -0.15) is 0 Å². The highest BCUT2D eigenvalue weighted by atomic mass is 35.5. The first-order valence-electron chi connectivity index (χ1n) is 7.51. The van der Waals surface area contributed by atoms with Crippen molar-refractivity contribution in [1.82, 2.24) is 5.32 Å². The van der Waals surface area contributed by atoms with Crippen molar-refractivity contribution < 1.29 is 0 Å². The Bertz CT molecular complexity index is 581. The molecule has 2 heteroatoms. The SMILES string of the molecule is CCNC(c1ccc(C(C)(C)C)cc1)c1cccc(Cl)c1. The highest BCUT2D eigenvalue weighted by Crippen LogP contribution is 2.27. The van der Waals surface area contributed by atoms with Crippen LogP contribution in [0.4, 0.5) is 0 Å². The fourth-order valence-corrected chi connectivity index (χ4v) is 2.69. The van der Waals surface area contributed by atoms with Crippen molar-refractivity contribution in [2.45, 2.75) is 39.2 Å². The Morgan fingerprint density at radius 3 is 2.19 bits per heavy atom. The minimum absolute atomic E-state index is 0.183. The Labute approximate surface area is 133 Å². The third-order valence-electron chi connectivity index (χ3n) is 3.70. The summed E-state index contributed by atoms with van der Waals surface area (Å²) in [6.07, 6.45) is 0. The zero-order chi connectivity index (χ0) is 15.5. The molecule has 0 aliphatic carbocycles. The van der Waals surface area contributed by atoms with Crippen LogP contribution in [-0.2, 0) is 5.41 Å². The van der Waals surface area contributed by atoms with Crippen LogP contribution in [0.15, 0.2) is 48.5 Å². The van der Waals surface area contributed by atoms with Gasteiger partial charge in [0.25, 0.3) is 0 Å². The van der Waals surface area contributed by atoms with E-state index in [9.17, 15) is 0 Å². The van der Waals surface area contributed by atoms with Crippen molar-refractivity contribution in [3.63, 3.8) is 0 Å². The highest BCUT2D eigenvalue weighted by molar-refractivity contribution is 6.30. The first-order chi connectivity index (χ1) is 9.91. The van der Waals surface area contributed by atoms with E-state index in [1.165, 1.54) is 16.7 Å². The second kappa shape index (κ2) is 6.64. The van der Waals surface area contributed by atoms with Gasteiger partial charge in [0.15, 0.2) is 0 Å². The Morgan fingerprint density at radius 2 is 1.67 bits per heavy atom. The molecule has 112 valence electrons. The smallest absolute Gasteiger partial charge is 0.0577 e. The van der Waals surface area contributed by atoms with Crippen LogP contribution in [0, 0.1) is 0 Å². The number of hydrogen-bond acceptors (Lipinski definition) is 1. The molecule has 1 N–H and O–H groups in total. The Balaban J connectivity index is 2.34. The summed E-state index contributed by atoms with van der Waals surface area (Å²) in [5.74, 6) is 0. The third kappa shape index (κ3) is 4.09. The number of halogens is 1. The third-order valence-corrected chi connectivity index (χ3v) is 3.94. The molecule has 0 radical (unpaired) electrons. The van der Waals surface area contributed by atoms with E-state index in [0.29, 0.717) is 0 Å². The Hall–Kier alpha value is -1.31. The molecular formula is C19H24ClN. The normalized spacial score (nSPS) is 13.2. The molecule has 2 rings (SSSR count). The van der Waals surface area contributed by atoms with Crippen molar-refractivity contribution in [3.05, 3.63) is 70.2 Å². The van der Waals surface area contributed by atoms with Gasteiger partial charge >= 0.3 is 0 Å². The fourth-order valence-electron chi connectivity index (χ4n) is 2.49. The molecule has 0 aliphatic rings. The lowest BCUT2D eigenvalue weighted by molar-refractivity contribution is 0.587. The summed E-state index contributed by atoms with van der Waals surface area (Å²) in [5.41, 5.74) is 4.01. The summed E-state index contributed by atoms with van der Waals surface area (Å²) in [7, 11) is 0. The molecule has 0 heterocycles. The van der Waals surface area contributed by atoms with E-state index >= 15 is 0 Å². The summed E-state index contributed by atoms with van der Waals surface area (Å²) in [5, 5.41) is 4.32. The van der Waals surface area contributed by atoms with Gasteiger partial charge in [0.1, 0.15) is 0 Å². The molecule has 2 aromatic rings.